The van der Waals surface area contributed by atoms with Crippen LogP contribution < -0.4 is 0 Å². The molecule has 0 aromatic heterocycles. The van der Waals surface area contributed by atoms with Crippen LogP contribution in [0.2, 0.25) is 0 Å². The summed E-state index contributed by atoms with van der Waals surface area (Å²) >= 11 is 0. The van der Waals surface area contributed by atoms with Gasteiger partial charge in [0.05, 0.1) is 5.60 Å². The molecule has 0 saturated heterocycles. The molecule has 0 radical (unpaired) electrons. The van der Waals surface area contributed by atoms with Crippen LogP contribution in [0.3, 0.4) is 0 Å². The van der Waals surface area contributed by atoms with Crippen LogP contribution in [-0.4, -0.2) is 10.7 Å². The number of benzene rings is 1. The third-order valence-corrected chi connectivity index (χ3v) is 3.42. The van der Waals surface area contributed by atoms with Gasteiger partial charge in [-0.2, -0.15) is 0 Å². The zero-order valence-electron chi connectivity index (χ0n) is 9.17. The summed E-state index contributed by atoms with van der Waals surface area (Å²) in [5.41, 5.74) is 3.47. The topological polar surface area (TPSA) is 20.2 Å². The molecule has 14 heavy (non-hydrogen) atoms. The zero-order valence-corrected chi connectivity index (χ0v) is 9.17. The first kappa shape index (κ1) is 9.72. The van der Waals surface area contributed by atoms with Crippen molar-refractivity contribution in [2.75, 3.05) is 0 Å². The second-order valence-electron chi connectivity index (χ2n) is 4.82. The van der Waals surface area contributed by atoms with Gasteiger partial charge in [0.25, 0.3) is 0 Å². The minimum absolute atomic E-state index is 0.404. The molecule has 1 nitrogen and oxygen atoms in total. The Morgan fingerprint density at radius 1 is 1.43 bits per heavy atom. The SMILES string of the molecule is Cc1ccc(C)c(CC2(O)CC2C)c1. The van der Waals surface area contributed by atoms with E-state index >= 15 is 0 Å². The normalized spacial score (nSPS) is 30.4. The Bertz CT molecular complexity index is 356. The van der Waals surface area contributed by atoms with Crippen LogP contribution in [0.25, 0.3) is 0 Å². The van der Waals surface area contributed by atoms with Crippen molar-refractivity contribution in [2.24, 2.45) is 5.92 Å². The maximum Gasteiger partial charge on any atom is 0.0718 e. The van der Waals surface area contributed by atoms with Gasteiger partial charge in [-0.05, 0) is 37.3 Å². The molecule has 1 aromatic rings. The molecule has 0 bridgehead atoms. The summed E-state index contributed by atoms with van der Waals surface area (Å²) in [4.78, 5) is 0. The number of hydrogen-bond donors (Lipinski definition) is 1. The molecular weight excluding hydrogens is 172 g/mol. The molecule has 2 rings (SSSR count). The maximum absolute atomic E-state index is 10.1. The molecular formula is C13H18O. The van der Waals surface area contributed by atoms with Gasteiger partial charge in [0.1, 0.15) is 0 Å². The molecule has 1 saturated carbocycles. The van der Waals surface area contributed by atoms with E-state index in [0.29, 0.717) is 5.92 Å². The van der Waals surface area contributed by atoms with Gasteiger partial charge in [-0.25, -0.2) is 0 Å². The third kappa shape index (κ3) is 1.69. The molecule has 0 amide bonds. The molecule has 1 aromatic carbocycles. The highest BCUT2D eigenvalue weighted by Crippen LogP contribution is 2.45. The van der Waals surface area contributed by atoms with Crippen LogP contribution in [0.5, 0.6) is 0 Å². The van der Waals surface area contributed by atoms with E-state index in [2.05, 4.69) is 39.0 Å². The monoisotopic (exact) mass is 190 g/mol. The molecule has 1 aliphatic rings. The van der Waals surface area contributed by atoms with Gasteiger partial charge in [0, 0.05) is 6.42 Å². The summed E-state index contributed by atoms with van der Waals surface area (Å²) < 4.78 is 0. The van der Waals surface area contributed by atoms with Crippen LogP contribution >= 0.6 is 0 Å². The van der Waals surface area contributed by atoms with Gasteiger partial charge in [-0.3, -0.25) is 0 Å². The summed E-state index contributed by atoms with van der Waals surface area (Å²) in [5, 5.41) is 10.1. The van der Waals surface area contributed by atoms with Crippen molar-refractivity contribution in [3.63, 3.8) is 0 Å². The number of rotatable bonds is 2. The predicted octanol–water partition coefficient (Wildman–Crippen LogP) is 2.62. The first-order valence-electron chi connectivity index (χ1n) is 5.30. The van der Waals surface area contributed by atoms with E-state index in [4.69, 9.17) is 0 Å². The highest BCUT2D eigenvalue weighted by atomic mass is 16.3. The fraction of sp³-hybridized carbons (Fsp3) is 0.538. The number of aryl methyl sites for hydroxylation is 2. The molecule has 1 fully saturated rings. The highest BCUT2D eigenvalue weighted by Gasteiger charge is 2.49. The van der Waals surface area contributed by atoms with Gasteiger partial charge < -0.3 is 5.11 Å². The second kappa shape index (κ2) is 3.09. The van der Waals surface area contributed by atoms with Gasteiger partial charge >= 0.3 is 0 Å². The Balaban J connectivity index is 2.20. The Hall–Kier alpha value is -0.820. The van der Waals surface area contributed by atoms with Crippen LogP contribution in [0, 0.1) is 19.8 Å². The summed E-state index contributed by atoms with van der Waals surface area (Å²) in [7, 11) is 0. The first-order chi connectivity index (χ1) is 6.51. The molecule has 2 atom stereocenters. The smallest absolute Gasteiger partial charge is 0.0718 e. The van der Waals surface area contributed by atoms with Crippen molar-refractivity contribution < 1.29 is 5.11 Å². The lowest BCUT2D eigenvalue weighted by Crippen LogP contribution is -2.14. The van der Waals surface area contributed by atoms with Gasteiger partial charge in [-0.15, -0.1) is 0 Å². The third-order valence-electron chi connectivity index (χ3n) is 3.42. The quantitative estimate of drug-likeness (QED) is 0.760. The molecule has 0 heterocycles. The molecule has 0 aliphatic heterocycles. The lowest BCUT2D eigenvalue weighted by molar-refractivity contribution is 0.134. The van der Waals surface area contributed by atoms with Gasteiger partial charge in [0.15, 0.2) is 0 Å². The van der Waals surface area contributed by atoms with Crippen molar-refractivity contribution >= 4 is 0 Å². The number of hydrogen-bond acceptors (Lipinski definition) is 1. The standard InChI is InChI=1S/C13H18O/c1-9-4-5-10(2)12(6-9)8-13(14)7-11(13)3/h4-6,11,14H,7-8H2,1-3H3. The molecule has 2 unspecified atom stereocenters. The molecule has 1 aliphatic carbocycles. The maximum atomic E-state index is 10.1. The van der Waals surface area contributed by atoms with Crippen LogP contribution in [0.1, 0.15) is 30.0 Å². The van der Waals surface area contributed by atoms with E-state index in [1.54, 1.807) is 0 Å². The fourth-order valence-electron chi connectivity index (χ4n) is 2.04. The minimum atomic E-state index is -0.404. The zero-order chi connectivity index (χ0) is 10.3. The van der Waals surface area contributed by atoms with E-state index in [9.17, 15) is 5.11 Å². The Morgan fingerprint density at radius 2 is 2.07 bits per heavy atom. The predicted molar refractivity (Wildman–Crippen MR) is 58.4 cm³/mol. The minimum Gasteiger partial charge on any atom is -0.389 e. The van der Waals surface area contributed by atoms with E-state index in [-0.39, 0.29) is 0 Å². The summed E-state index contributed by atoms with van der Waals surface area (Å²) in [6.45, 7) is 6.33. The van der Waals surface area contributed by atoms with Crippen molar-refractivity contribution in [2.45, 2.75) is 39.2 Å². The average Bonchev–Trinajstić information content (AvgIpc) is 2.67. The molecule has 1 heteroatoms. The molecule has 0 spiro atoms. The van der Waals surface area contributed by atoms with Gasteiger partial charge in [0.2, 0.25) is 0 Å². The van der Waals surface area contributed by atoms with Crippen molar-refractivity contribution in [3.8, 4) is 0 Å². The Morgan fingerprint density at radius 3 is 2.64 bits per heavy atom. The Kier molecular flexibility index (Phi) is 2.15. The summed E-state index contributed by atoms with van der Waals surface area (Å²) in [6, 6.07) is 6.46. The molecule has 1 N–H and O–H groups in total. The van der Waals surface area contributed by atoms with Crippen molar-refractivity contribution in [1.29, 1.82) is 0 Å². The van der Waals surface area contributed by atoms with E-state index in [1.807, 2.05) is 0 Å². The van der Waals surface area contributed by atoms with Crippen LogP contribution in [0.15, 0.2) is 18.2 Å². The van der Waals surface area contributed by atoms with Crippen molar-refractivity contribution in [3.05, 3.63) is 34.9 Å². The largest absolute Gasteiger partial charge is 0.389 e. The fourth-order valence-corrected chi connectivity index (χ4v) is 2.04. The highest BCUT2D eigenvalue weighted by molar-refractivity contribution is 5.32. The van der Waals surface area contributed by atoms with E-state index in [1.165, 1.54) is 16.7 Å². The average molecular weight is 190 g/mol. The summed E-state index contributed by atoms with van der Waals surface area (Å²) in [5.74, 6) is 0.474. The summed E-state index contributed by atoms with van der Waals surface area (Å²) in [6.07, 6.45) is 1.78. The lowest BCUT2D eigenvalue weighted by Gasteiger charge is -2.12. The number of aliphatic hydroxyl groups is 1. The lowest BCUT2D eigenvalue weighted by atomic mass is 9.98. The second-order valence-corrected chi connectivity index (χ2v) is 4.82. The van der Waals surface area contributed by atoms with E-state index in [0.717, 1.165) is 12.8 Å². The first-order valence-corrected chi connectivity index (χ1v) is 5.30. The Labute approximate surface area is 85.8 Å². The van der Waals surface area contributed by atoms with Crippen LogP contribution in [-0.2, 0) is 6.42 Å². The van der Waals surface area contributed by atoms with Crippen molar-refractivity contribution in [1.82, 2.24) is 0 Å². The van der Waals surface area contributed by atoms with E-state index < -0.39 is 5.60 Å². The molecule has 76 valence electrons. The van der Waals surface area contributed by atoms with Gasteiger partial charge in [-0.1, -0.05) is 30.7 Å². The van der Waals surface area contributed by atoms with Crippen LogP contribution in [0.4, 0.5) is 0 Å².